The molecule has 0 aliphatic carbocycles. The van der Waals surface area contributed by atoms with Crippen molar-refractivity contribution in [2.75, 3.05) is 118 Å². The molecule has 0 aromatic carbocycles. The fraction of sp³-hybridized carbons (Fsp3) is 0.725. The Morgan fingerprint density at radius 3 is 2.05 bits per heavy atom. The molecule has 2 aliphatic rings. The van der Waals surface area contributed by atoms with E-state index in [1.165, 1.54) is 6.33 Å². The summed E-state index contributed by atoms with van der Waals surface area (Å²) in [6.07, 6.45) is -2.87. The molecule has 0 bridgehead atoms. The third kappa shape index (κ3) is 22.7. The highest BCUT2D eigenvalue weighted by atomic mass is 31.3. The Bertz CT molecular complexity index is 2420. The van der Waals surface area contributed by atoms with E-state index in [0.29, 0.717) is 94.7 Å². The molecular formula is C40H65N8O25P3. The number of aromatic nitrogens is 6. The van der Waals surface area contributed by atoms with Crippen LogP contribution in [0.1, 0.15) is 36.7 Å². The van der Waals surface area contributed by atoms with Crippen LogP contribution in [-0.4, -0.2) is 225 Å². The van der Waals surface area contributed by atoms with Gasteiger partial charge in [-0.05, 0) is 12.8 Å². The Morgan fingerprint density at radius 1 is 0.763 bits per heavy atom. The van der Waals surface area contributed by atoms with Crippen LogP contribution in [-0.2, 0) is 92.2 Å². The Hall–Kier alpha value is -3.56. The number of phosphoric ester groups is 1. The Kier molecular flexibility index (Phi) is 27.1. The molecule has 4 unspecified atom stereocenters. The number of nitrogens with two attached hydrogens (primary N) is 1. The number of anilines is 1. The van der Waals surface area contributed by atoms with Gasteiger partial charge in [-0.2, -0.15) is 8.62 Å². The highest BCUT2D eigenvalue weighted by molar-refractivity contribution is 7.66. The van der Waals surface area contributed by atoms with Crippen molar-refractivity contribution in [3.05, 3.63) is 30.0 Å². The summed E-state index contributed by atoms with van der Waals surface area (Å²) in [5.41, 5.74) is 7.57. The maximum absolute atomic E-state index is 12.4. The van der Waals surface area contributed by atoms with Crippen LogP contribution in [0.2, 0.25) is 0 Å². The van der Waals surface area contributed by atoms with E-state index in [4.69, 9.17) is 67.4 Å². The van der Waals surface area contributed by atoms with Crippen molar-refractivity contribution >= 4 is 46.2 Å². The number of nitrogens with one attached hydrogen (secondary N) is 1. The monoisotopic (exact) mass is 1150 g/mol. The van der Waals surface area contributed by atoms with Crippen LogP contribution in [0, 0.1) is 11.8 Å². The number of phosphoric acid groups is 3. The minimum Gasteiger partial charge on any atom is -0.394 e. The highest BCUT2D eigenvalue weighted by Crippen LogP contribution is 2.66. The standard InChI is InChI=1S/C40H65N8O25P3/c41-38-34-28(22-48(39(34)44-27-43-38)33-4-3-30(70-33)26-69-75(57,58)73-76(59,60)72-74(54,55)56)2-1-6-42-32(50)5-8-61-10-12-63-14-15-64-13-11-62-9-7-47-23-29(45-46-47)25-67-19-18-65-16-17-66-20-21-68-40-37(53)36(52)35(51)31(24-49)71-40/h22-23,27,30-31,33,35-37,40,49,51-53H,3-21,24-26H2,(H,42,50)(H,57,58)(H,59,60)(H2,41,43,44)(H2,54,55,56)/t30-,31?,33+,35+,36-,37?,40-/m0/s1. The first-order valence-corrected chi connectivity index (χ1v) is 28.0. The predicted octanol–water partition coefficient (Wildman–Crippen LogP) is -2.38. The fourth-order valence-electron chi connectivity index (χ4n) is 6.93. The molecule has 76 heavy (non-hydrogen) atoms. The third-order valence-electron chi connectivity index (χ3n) is 10.5. The summed E-state index contributed by atoms with van der Waals surface area (Å²) in [6, 6.07) is 0. The maximum Gasteiger partial charge on any atom is 0.490 e. The zero-order chi connectivity index (χ0) is 55.0. The van der Waals surface area contributed by atoms with Gasteiger partial charge in [0.15, 0.2) is 6.29 Å². The van der Waals surface area contributed by atoms with E-state index >= 15 is 0 Å². The number of aliphatic hydroxyl groups is 4. The van der Waals surface area contributed by atoms with Crippen molar-refractivity contribution in [2.45, 2.75) is 75.5 Å². The smallest absolute Gasteiger partial charge is 0.394 e. The number of amides is 1. The van der Waals surface area contributed by atoms with E-state index in [2.05, 4.69) is 46.1 Å². The van der Waals surface area contributed by atoms with Gasteiger partial charge < -0.3 is 103 Å². The van der Waals surface area contributed by atoms with E-state index in [1.54, 1.807) is 21.6 Å². The first-order chi connectivity index (χ1) is 36.3. The average molecular weight is 1150 g/mol. The van der Waals surface area contributed by atoms with Crippen molar-refractivity contribution in [1.29, 1.82) is 0 Å². The van der Waals surface area contributed by atoms with E-state index in [9.17, 15) is 48.7 Å². The predicted molar refractivity (Wildman–Crippen MR) is 254 cm³/mol. The van der Waals surface area contributed by atoms with Crippen molar-refractivity contribution in [1.82, 2.24) is 34.8 Å². The summed E-state index contributed by atoms with van der Waals surface area (Å²) in [5.74, 6) is 5.63. The number of carbonyl (C=O) groups excluding carboxylic acids is 1. The Labute approximate surface area is 434 Å². The lowest BCUT2D eigenvalue weighted by Gasteiger charge is -2.39. The fourth-order valence-corrected chi connectivity index (χ4v) is 9.98. The number of hydrogen-bond acceptors (Lipinski definition) is 26. The van der Waals surface area contributed by atoms with Crippen molar-refractivity contribution < 1.29 is 119 Å². The molecule has 11 N–H and O–H groups in total. The second-order valence-electron chi connectivity index (χ2n) is 16.2. The summed E-state index contributed by atoms with van der Waals surface area (Å²) in [5, 5.41) is 50.1. The summed E-state index contributed by atoms with van der Waals surface area (Å²) in [7, 11) is -16.5. The normalized spacial score (nSPS) is 22.6. The van der Waals surface area contributed by atoms with Crippen molar-refractivity contribution in [2.24, 2.45) is 0 Å². The summed E-state index contributed by atoms with van der Waals surface area (Å²) < 4.78 is 105. The molecule has 3 aromatic rings. The Balaban J connectivity index is 0.812. The maximum atomic E-state index is 12.4. The molecule has 3 aromatic heterocycles. The van der Waals surface area contributed by atoms with Gasteiger partial charge in [0, 0.05) is 12.6 Å². The first kappa shape index (κ1) is 63.3. The molecule has 9 atom stereocenters. The quantitative estimate of drug-likeness (QED) is 0.0164. The van der Waals surface area contributed by atoms with E-state index in [-0.39, 0.29) is 70.8 Å². The first-order valence-electron chi connectivity index (χ1n) is 23.5. The second-order valence-corrected chi connectivity index (χ2v) is 20.6. The summed E-state index contributed by atoms with van der Waals surface area (Å²) in [6.45, 7) is 3.60. The van der Waals surface area contributed by atoms with Crippen LogP contribution in [0.5, 0.6) is 0 Å². The third-order valence-corrected chi connectivity index (χ3v) is 14.3. The molecule has 1 amide bonds. The van der Waals surface area contributed by atoms with Gasteiger partial charge in [0.2, 0.25) is 5.91 Å². The van der Waals surface area contributed by atoms with Gasteiger partial charge in [-0.3, -0.25) is 9.32 Å². The van der Waals surface area contributed by atoms with Gasteiger partial charge in [0.05, 0.1) is 149 Å². The van der Waals surface area contributed by atoms with Gasteiger partial charge >= 0.3 is 23.5 Å². The van der Waals surface area contributed by atoms with Crippen LogP contribution in [0.15, 0.2) is 18.7 Å². The SMILES string of the molecule is Nc1ncnc2c1c(C#CCNC(=O)CCOCCOCCOCCOCCn1cc(COCCOCCOCCO[C@H]3OC(CO)[C@@H](O)[C@H](O)C3O)nn1)cn2[C@H]1CC[C@@H](COP(=O)(O)OP(=O)(O)OP(=O)(O)O)O1. The van der Waals surface area contributed by atoms with Crippen LogP contribution >= 0.6 is 23.5 Å². The highest BCUT2D eigenvalue weighted by Gasteiger charge is 2.44. The summed E-state index contributed by atoms with van der Waals surface area (Å²) >= 11 is 0. The number of nitrogens with zero attached hydrogens (tertiary/aromatic N) is 6. The van der Waals surface area contributed by atoms with E-state index < -0.39 is 79.7 Å². The van der Waals surface area contributed by atoms with Gasteiger partial charge in [-0.1, -0.05) is 17.1 Å². The van der Waals surface area contributed by atoms with Gasteiger partial charge in [-0.15, -0.1) is 5.10 Å². The number of hydrogen-bond donors (Lipinski definition) is 10. The van der Waals surface area contributed by atoms with Crippen LogP contribution in [0.25, 0.3) is 11.0 Å². The molecule has 2 aliphatic heterocycles. The molecular weight excluding hydrogens is 1090 g/mol. The lowest BCUT2D eigenvalue weighted by Crippen LogP contribution is -2.59. The second kappa shape index (κ2) is 32.5. The molecule has 5 rings (SSSR count). The lowest BCUT2D eigenvalue weighted by molar-refractivity contribution is -0.302. The molecule has 2 fully saturated rings. The van der Waals surface area contributed by atoms with Gasteiger partial charge in [0.25, 0.3) is 0 Å². The number of fused-ring (bicyclic) bond motifs is 1. The van der Waals surface area contributed by atoms with Crippen LogP contribution < -0.4 is 11.1 Å². The molecule has 5 heterocycles. The minimum atomic E-state index is -5.67. The average Bonchev–Trinajstić information content (AvgIpc) is 4.12. The Morgan fingerprint density at radius 2 is 1.39 bits per heavy atom. The molecule has 33 nitrogen and oxygen atoms in total. The molecule has 0 saturated carbocycles. The van der Waals surface area contributed by atoms with Crippen molar-refractivity contribution in [3.63, 3.8) is 0 Å². The minimum absolute atomic E-state index is 0.00127. The zero-order valence-electron chi connectivity index (χ0n) is 41.0. The molecule has 2 saturated heterocycles. The largest absolute Gasteiger partial charge is 0.490 e. The van der Waals surface area contributed by atoms with Gasteiger partial charge in [0.1, 0.15) is 54.1 Å². The zero-order valence-corrected chi connectivity index (χ0v) is 43.6. The van der Waals surface area contributed by atoms with Crippen LogP contribution in [0.4, 0.5) is 5.82 Å². The molecule has 430 valence electrons. The van der Waals surface area contributed by atoms with Gasteiger partial charge in [-0.25, -0.2) is 28.3 Å². The topological polar surface area (TPSA) is 450 Å². The number of aliphatic hydroxyl groups excluding tert-OH is 4. The van der Waals surface area contributed by atoms with E-state index in [0.717, 1.165) is 0 Å². The number of ether oxygens (including phenoxy) is 10. The number of carbonyl (C=O) groups is 1. The molecule has 0 radical (unpaired) electrons. The number of nitrogen functional groups attached to an aromatic ring is 1. The van der Waals surface area contributed by atoms with Crippen molar-refractivity contribution in [3.8, 4) is 11.8 Å². The molecule has 0 spiro atoms. The molecule has 36 heteroatoms. The number of rotatable bonds is 37. The van der Waals surface area contributed by atoms with Crippen LogP contribution in [0.3, 0.4) is 0 Å². The van der Waals surface area contributed by atoms with E-state index in [1.807, 2.05) is 0 Å². The lowest BCUT2D eigenvalue weighted by atomic mass is 9.99. The summed E-state index contributed by atoms with van der Waals surface area (Å²) in [4.78, 5) is 57.2.